The molecule has 0 bridgehead atoms. The van der Waals surface area contributed by atoms with Crippen LogP contribution in [0.15, 0.2) is 148 Å². The van der Waals surface area contributed by atoms with E-state index >= 15 is 0 Å². The number of hydrogen-bond donors (Lipinski definition) is 4. The maximum Gasteiger partial charge on any atom is 1.00 e. The van der Waals surface area contributed by atoms with Crippen molar-refractivity contribution in [3.8, 4) is 12.1 Å². The van der Waals surface area contributed by atoms with Crippen LogP contribution in [0.5, 0.6) is 0 Å². The van der Waals surface area contributed by atoms with E-state index in [4.69, 9.17) is 123 Å². The van der Waals surface area contributed by atoms with Gasteiger partial charge in [0.25, 0.3) is 0 Å². The molecule has 0 spiro atoms. The Morgan fingerprint density at radius 2 is 0.978 bits per heavy atom. The average molecular weight is 2070 g/mol. The van der Waals surface area contributed by atoms with Crippen molar-refractivity contribution in [3.05, 3.63) is 237 Å². The zero-order valence-corrected chi connectivity index (χ0v) is 91.4. The summed E-state index contributed by atoms with van der Waals surface area (Å²) < 4.78 is 72.1. The number of amidine groups is 1. The number of carbonyl (C=O) groups excluding carboxylic acids is 2. The number of halogens is 8. The van der Waals surface area contributed by atoms with Crippen LogP contribution in [0.4, 0.5) is 11.4 Å². The molecule has 1 aliphatic rings. The number of aryl methyl sites for hydroxylation is 3. The van der Waals surface area contributed by atoms with Crippen molar-refractivity contribution in [2.24, 2.45) is 15.0 Å². The molecule has 0 unspecified atom stereocenters. The number of Topliss-reactive ketones (excluding diaryl/α,β-unsaturated/α-hetero) is 1. The number of hydrogen-bond acceptors (Lipinski definition) is 21. The van der Waals surface area contributed by atoms with Gasteiger partial charge in [-0.2, -0.15) is 10.5 Å². The van der Waals surface area contributed by atoms with Gasteiger partial charge < -0.3 is 78.6 Å². The smallest absolute Gasteiger partial charge is 1.00 e. The number of ketones is 1. The number of nitriles is 2. The van der Waals surface area contributed by atoms with Crippen LogP contribution in [0.3, 0.4) is 0 Å². The molecule has 6 heterocycles. The first-order chi connectivity index (χ1) is 62.6. The quantitative estimate of drug-likeness (QED) is 0.0133. The number of ether oxygens (including phenoxy) is 4. The van der Waals surface area contributed by atoms with Crippen LogP contribution in [0.2, 0.25) is 35.2 Å². The number of aliphatic imine (C=N–C) groups is 3. The van der Waals surface area contributed by atoms with Crippen molar-refractivity contribution in [2.75, 3.05) is 82.2 Å². The monoisotopic (exact) mass is 2070 g/mol. The van der Waals surface area contributed by atoms with E-state index in [-0.39, 0.29) is 72.8 Å². The number of nitrogens with one attached hydrogen (secondary N) is 4. The Kier molecular flexibility index (Phi) is 54.2. The molecule has 0 saturated carbocycles. The van der Waals surface area contributed by atoms with E-state index in [1.165, 1.54) is 46.4 Å². The Labute approximate surface area is 863 Å². The number of nitrogens with zero attached hydrogens (tertiary/aromatic N) is 11. The van der Waals surface area contributed by atoms with Gasteiger partial charge in [-0.15, -0.1) is 0 Å². The second kappa shape index (κ2) is 59.1. The Morgan fingerprint density at radius 3 is 1.37 bits per heavy atom. The topological polar surface area (TPSA) is 382 Å². The van der Waals surface area contributed by atoms with Gasteiger partial charge in [-0.25, -0.2) is 44.4 Å². The molecule has 1 aliphatic heterocycles. The van der Waals surface area contributed by atoms with Gasteiger partial charge in [0.05, 0.1) is 93.6 Å². The number of aromatic amines is 3. The van der Waals surface area contributed by atoms with Crippen LogP contribution in [0.1, 0.15) is 131 Å². The van der Waals surface area contributed by atoms with E-state index in [1.807, 2.05) is 103 Å². The van der Waals surface area contributed by atoms with Crippen molar-refractivity contribution >= 4 is 204 Å². The van der Waals surface area contributed by atoms with Gasteiger partial charge in [-0.3, -0.25) is 19.4 Å². The summed E-state index contributed by atoms with van der Waals surface area (Å²) in [4.78, 5) is 49.9. The minimum absolute atomic E-state index is 0. The summed E-state index contributed by atoms with van der Waals surface area (Å²) in [5.41, 5.74) is 13.9. The molecule has 0 saturated heterocycles. The number of hydroxylamine groups is 2. The number of carbonyl (C=O) groups is 2. The van der Waals surface area contributed by atoms with Gasteiger partial charge in [0.2, 0.25) is 26.0 Å². The number of fused-ring (bicyclic) bond motifs is 5. The Balaban J connectivity index is 0.000000769. The third-order valence-electron chi connectivity index (χ3n) is 18.7. The fourth-order valence-corrected chi connectivity index (χ4v) is 17.0. The Bertz CT molecular complexity index is 6450. The minimum Gasteiger partial charge on any atom is -1.00 e. The number of aromatic nitrogens is 5. The van der Waals surface area contributed by atoms with Crippen molar-refractivity contribution in [1.82, 2.24) is 38.2 Å². The normalized spacial score (nSPS) is 11.5. The van der Waals surface area contributed by atoms with Crippen LogP contribution in [-0.4, -0.2) is 190 Å². The second-order valence-corrected chi connectivity index (χ2v) is 39.0. The third-order valence-corrected chi connectivity index (χ3v) is 23.3. The molecular weight excluding hydrogens is 1950 g/mol. The summed E-state index contributed by atoms with van der Waals surface area (Å²) in [7, 11) is 7.37. The molecular formula is C97H120Cl8N15NaO13S2-2. The average Bonchev–Trinajstić information content (AvgIpc) is 1.60. The van der Waals surface area contributed by atoms with E-state index in [1.54, 1.807) is 147 Å². The SMILES string of the molecule is C=[N+](C)C.CC(=O)Cc1c(Cl)cccc1N=C([O-])OC(C)(C)C.CCC(OC)OC.CON(C)C(C)=O.Cc1[nH]c2cccc(Cl)c2c1CC#N.Cc1[nH]c2cccc(Cl)c2c1CN(C)C.Cc1c(CC#N)c2c(Cl)cccc2n1S(C)(=O)=O.Cc1c(CC2=NCCN2)c2c(Cl)cccc2n1S(C)(=O)=O.Cc1c(Cl)cccc1N=C([O-])OC(C)(C)C.Cc1cc2c(Cl)cccc2[nH]1.[C-]#N.[Cl-].[Na+]. The van der Waals surface area contributed by atoms with Gasteiger partial charge in [0.15, 0.2) is 18.5 Å². The predicted octanol–water partition coefficient (Wildman–Crippen LogP) is 14.5. The number of methoxy groups -OCH3 is 2. The van der Waals surface area contributed by atoms with E-state index in [0.29, 0.717) is 88.3 Å². The van der Waals surface area contributed by atoms with Crippen molar-refractivity contribution in [3.63, 3.8) is 0 Å². The van der Waals surface area contributed by atoms with Gasteiger partial charge >= 0.3 is 29.6 Å². The molecule has 1 amide bonds. The van der Waals surface area contributed by atoms with Gasteiger partial charge in [-0.05, 0) is 188 Å². The standard InChI is InChI=1S/C14H16ClN3O2S.C14H18ClNO3.C12H11ClN2O2S.C12H15ClN2.C12H16ClNO2.C11H9ClN2.C9H8ClN.C5H12O2.C4H9NO2.C3H8N.CN.ClH.Na/c1-9-10(8-13-16-6-7-17-13)14-11(15)4-3-5-12(14)18(9)21(2,19)20;1-9(17)8-10-11(15)6-5-7-12(10)16-13(18)19-14(2,3)4;1-8-9(6-7-14)12-10(13)4-3-5-11(12)15(8)18(2,16)17;1-8-9(7-15(2)3)12-10(13)5-4-6-11(12)14-8;1-8-9(13)6-5-7-10(8)14-11(15)16-12(2,3)4;1-7-8(5-6-13)11-9(12)3-2-4-10(11)14-7;1-6-5-7-8(10)3-2-4-9(7)11-6;1-4-5(6-2)7-3;1-4(6)5(2)7-3;1-4(2)3;1-2;;/h3-5H,6-8H2,1-2H3,(H,16,17);5-7H,8H2,1-4H3,(H,16,18);3-5H,6H2,1-2H3;4-6,14H,7H2,1-3H3;5-7H,1-4H3,(H,14,15);2-4,14H,5H2,1H3;2-5,11H,1H3;5H,4H2,1-3H3;1-3H3;1H2,2-3H3;;1H;/q;;;;;;;;;+1;-1;;+1/p-3. The summed E-state index contributed by atoms with van der Waals surface area (Å²) in [6.07, 6.45) is 3.18. The number of rotatable bonds is 16. The van der Waals surface area contributed by atoms with E-state index < -0.39 is 43.4 Å². The summed E-state index contributed by atoms with van der Waals surface area (Å²) in [5, 5.41) is 60.3. The molecule has 5 aromatic heterocycles. The molecule has 4 N–H and O–H groups in total. The van der Waals surface area contributed by atoms with Crippen LogP contribution in [-0.2, 0) is 85.6 Å². The molecule has 0 aliphatic carbocycles. The number of H-pyrrole nitrogens is 3. The minimum atomic E-state index is -3.43. The number of amides is 1. The van der Waals surface area contributed by atoms with Crippen LogP contribution >= 0.6 is 81.2 Å². The fraction of sp³-hybridized carbons (Fsp3) is 0.371. The Morgan fingerprint density at radius 1 is 0.588 bits per heavy atom. The first kappa shape index (κ1) is 125. The largest absolute Gasteiger partial charge is 1.00 e. The molecule has 7 aromatic carbocycles. The zero-order valence-electron chi connectivity index (χ0n) is 81.7. The van der Waals surface area contributed by atoms with Crippen molar-refractivity contribution < 1.29 is 107 Å². The molecule has 0 fully saturated rings. The molecule has 0 radical (unpaired) electrons. The van der Waals surface area contributed by atoms with Crippen LogP contribution in [0.25, 0.3) is 54.5 Å². The maximum absolute atomic E-state index is 12.1. The van der Waals surface area contributed by atoms with Crippen LogP contribution < -0.4 is 57.5 Å². The summed E-state index contributed by atoms with van der Waals surface area (Å²) in [6, 6.07) is 44.4. The van der Waals surface area contributed by atoms with Crippen LogP contribution in [0, 0.1) is 76.0 Å². The van der Waals surface area contributed by atoms with E-state index in [2.05, 4.69) is 90.9 Å². The molecule has 136 heavy (non-hydrogen) atoms. The summed E-state index contributed by atoms with van der Waals surface area (Å²) in [5.74, 6) is 0.738. The van der Waals surface area contributed by atoms with E-state index in [9.17, 15) is 36.6 Å². The molecule has 12 aromatic rings. The zero-order chi connectivity index (χ0) is 102. The van der Waals surface area contributed by atoms with Gasteiger partial charge in [0, 0.05) is 158 Å². The number of benzene rings is 7. The first-order valence-corrected chi connectivity index (χ1v) is 47.8. The summed E-state index contributed by atoms with van der Waals surface area (Å²) >= 11 is 42.6. The van der Waals surface area contributed by atoms with E-state index in [0.717, 1.165) is 119 Å². The summed E-state index contributed by atoms with van der Waals surface area (Å²) in [6.45, 7) is 37.7. The predicted molar refractivity (Wildman–Crippen MR) is 544 cm³/mol. The third kappa shape index (κ3) is 39.5. The van der Waals surface area contributed by atoms with Gasteiger partial charge in [-0.1, -0.05) is 172 Å². The molecule has 39 heteroatoms. The molecule has 13 rings (SSSR count). The second-order valence-electron chi connectivity index (χ2n) is 32.5. The maximum atomic E-state index is 12.1. The van der Waals surface area contributed by atoms with Gasteiger partial charge in [0.1, 0.15) is 32.4 Å². The molecule has 28 nitrogen and oxygen atoms in total. The fourth-order valence-electron chi connectivity index (χ4n) is 13.0. The Hall–Kier alpha value is -9.41. The van der Waals surface area contributed by atoms with Crippen molar-refractivity contribution in [1.29, 1.82) is 15.8 Å². The molecule has 0 atom stereocenters. The first-order valence-electron chi connectivity index (χ1n) is 41.5. The molecule has 732 valence electrons. The van der Waals surface area contributed by atoms with Crippen molar-refractivity contribution in [2.45, 2.75) is 160 Å².